The number of hydrogen-bond acceptors (Lipinski definition) is 2. The highest BCUT2D eigenvalue weighted by molar-refractivity contribution is 7.26. The Labute approximate surface area is 192 Å². The van der Waals surface area contributed by atoms with E-state index in [9.17, 15) is 0 Å². The van der Waals surface area contributed by atoms with Gasteiger partial charge in [-0.05, 0) is 59.2 Å². The van der Waals surface area contributed by atoms with Crippen molar-refractivity contribution < 1.29 is 4.42 Å². The highest BCUT2D eigenvalue weighted by Gasteiger charge is 2.15. The summed E-state index contributed by atoms with van der Waals surface area (Å²) in [5, 5.41) is 5.18. The van der Waals surface area contributed by atoms with E-state index in [1.165, 1.54) is 47.6 Å². The predicted molar refractivity (Wildman–Crippen MR) is 139 cm³/mol. The molecule has 0 fully saturated rings. The molecule has 1 atom stereocenters. The normalized spacial score (nSPS) is 13.1. The van der Waals surface area contributed by atoms with Crippen molar-refractivity contribution in [3.63, 3.8) is 0 Å². The van der Waals surface area contributed by atoms with Crippen LogP contribution in [0.5, 0.6) is 0 Å². The maximum Gasteiger partial charge on any atom is 0.135 e. The molecule has 0 bridgehead atoms. The first-order valence-corrected chi connectivity index (χ1v) is 12.3. The third-order valence-corrected chi connectivity index (χ3v) is 7.97. The molecule has 1 nitrogen and oxygen atoms in total. The van der Waals surface area contributed by atoms with Crippen LogP contribution in [0.2, 0.25) is 0 Å². The topological polar surface area (TPSA) is 13.1 Å². The van der Waals surface area contributed by atoms with Gasteiger partial charge in [-0.15, -0.1) is 11.3 Å². The number of rotatable bonds is 4. The number of furan rings is 1. The molecule has 2 heteroatoms. The average molecular weight is 435 g/mol. The van der Waals surface area contributed by atoms with Crippen molar-refractivity contribution in [2.75, 3.05) is 0 Å². The van der Waals surface area contributed by atoms with E-state index in [-0.39, 0.29) is 0 Å². The number of fused-ring (bicyclic) bond motifs is 6. The van der Waals surface area contributed by atoms with Crippen LogP contribution in [-0.2, 0) is 6.42 Å². The Kier molecular flexibility index (Phi) is 4.58. The minimum absolute atomic E-state index is 0.432. The van der Waals surface area contributed by atoms with E-state index in [0.717, 1.165) is 17.6 Å². The Morgan fingerprint density at radius 1 is 0.719 bits per heavy atom. The van der Waals surface area contributed by atoms with Gasteiger partial charge in [0, 0.05) is 30.9 Å². The summed E-state index contributed by atoms with van der Waals surface area (Å²) in [7, 11) is 0. The van der Waals surface area contributed by atoms with Crippen molar-refractivity contribution in [3.8, 4) is 0 Å². The lowest BCUT2D eigenvalue weighted by molar-refractivity contribution is 0.666. The van der Waals surface area contributed by atoms with E-state index in [4.69, 9.17) is 4.42 Å². The van der Waals surface area contributed by atoms with E-state index in [1.807, 2.05) is 11.3 Å². The van der Waals surface area contributed by atoms with Crippen LogP contribution >= 0.6 is 11.3 Å². The molecule has 2 aromatic heterocycles. The summed E-state index contributed by atoms with van der Waals surface area (Å²) in [5.74, 6) is 0.946. The minimum atomic E-state index is 0.432. The van der Waals surface area contributed by atoms with Gasteiger partial charge in [-0.25, -0.2) is 0 Å². The lowest BCUT2D eigenvalue weighted by atomic mass is 9.92. The Bertz CT molecular complexity index is 1600. The van der Waals surface area contributed by atoms with Crippen molar-refractivity contribution in [3.05, 3.63) is 95.6 Å². The summed E-state index contributed by atoms with van der Waals surface area (Å²) in [6.07, 6.45) is 0.998. The van der Waals surface area contributed by atoms with Crippen LogP contribution in [0, 0.1) is 0 Å². The lowest BCUT2D eigenvalue weighted by Gasteiger charge is -2.13. The molecule has 0 amide bonds. The van der Waals surface area contributed by atoms with E-state index in [2.05, 4.69) is 99.6 Å². The highest BCUT2D eigenvalue weighted by atomic mass is 32.1. The van der Waals surface area contributed by atoms with Crippen LogP contribution < -0.4 is 0 Å². The summed E-state index contributed by atoms with van der Waals surface area (Å²) >= 11 is 1.92. The number of thiophene rings is 1. The molecule has 0 aliphatic heterocycles. The second-order valence-electron chi connectivity index (χ2n) is 9.27. The van der Waals surface area contributed by atoms with Gasteiger partial charge in [0.25, 0.3) is 0 Å². The van der Waals surface area contributed by atoms with Crippen LogP contribution in [0.1, 0.15) is 49.3 Å². The maximum atomic E-state index is 6.23. The van der Waals surface area contributed by atoms with Crippen LogP contribution in [0.4, 0.5) is 0 Å². The highest BCUT2D eigenvalue weighted by Crippen LogP contribution is 2.39. The molecule has 2 heterocycles. The van der Waals surface area contributed by atoms with Gasteiger partial charge in [0.1, 0.15) is 11.2 Å². The van der Waals surface area contributed by atoms with Gasteiger partial charge in [0.15, 0.2) is 0 Å². The van der Waals surface area contributed by atoms with Gasteiger partial charge in [-0.1, -0.05) is 75.4 Å². The molecule has 6 rings (SSSR count). The fourth-order valence-corrected chi connectivity index (χ4v) is 6.28. The monoisotopic (exact) mass is 434 g/mol. The maximum absolute atomic E-state index is 6.23. The summed E-state index contributed by atoms with van der Waals surface area (Å²) in [6.45, 7) is 6.82. The van der Waals surface area contributed by atoms with Gasteiger partial charge in [-0.2, -0.15) is 0 Å². The molecular formula is C30H26OS. The van der Waals surface area contributed by atoms with Gasteiger partial charge >= 0.3 is 0 Å². The Hall–Kier alpha value is -3.10. The zero-order valence-electron chi connectivity index (χ0n) is 18.7. The predicted octanol–water partition coefficient (Wildman–Crippen LogP) is 9.42. The average Bonchev–Trinajstić information content (AvgIpc) is 3.36. The smallest absolute Gasteiger partial charge is 0.135 e. The first-order chi connectivity index (χ1) is 15.6. The lowest BCUT2D eigenvalue weighted by Crippen LogP contribution is -1.98. The van der Waals surface area contributed by atoms with E-state index < -0.39 is 0 Å². The van der Waals surface area contributed by atoms with Crippen molar-refractivity contribution in [2.24, 2.45) is 0 Å². The molecule has 1 unspecified atom stereocenters. The minimum Gasteiger partial charge on any atom is -0.456 e. The van der Waals surface area contributed by atoms with Crippen LogP contribution in [0.25, 0.3) is 42.1 Å². The largest absolute Gasteiger partial charge is 0.456 e. The molecule has 32 heavy (non-hydrogen) atoms. The van der Waals surface area contributed by atoms with Crippen LogP contribution in [-0.4, -0.2) is 0 Å². The summed E-state index contributed by atoms with van der Waals surface area (Å²) < 4.78 is 9.02. The van der Waals surface area contributed by atoms with Crippen molar-refractivity contribution >= 4 is 53.4 Å². The van der Waals surface area contributed by atoms with E-state index >= 15 is 0 Å². The first-order valence-electron chi connectivity index (χ1n) is 11.4. The second kappa shape index (κ2) is 7.50. The third kappa shape index (κ3) is 3.13. The quantitative estimate of drug-likeness (QED) is 0.269. The van der Waals surface area contributed by atoms with Crippen LogP contribution in [0.3, 0.4) is 0 Å². The molecule has 0 aliphatic rings. The fraction of sp³-hybridized carbons (Fsp3) is 0.200. The van der Waals surface area contributed by atoms with Crippen molar-refractivity contribution in [1.29, 1.82) is 0 Å². The van der Waals surface area contributed by atoms with Crippen molar-refractivity contribution in [2.45, 2.75) is 39.0 Å². The zero-order chi connectivity index (χ0) is 21.8. The Morgan fingerprint density at radius 3 is 2.44 bits per heavy atom. The van der Waals surface area contributed by atoms with Gasteiger partial charge in [-0.3, -0.25) is 0 Å². The summed E-state index contributed by atoms with van der Waals surface area (Å²) in [4.78, 5) is 0. The molecule has 158 valence electrons. The molecule has 0 aliphatic carbocycles. The molecule has 0 N–H and O–H groups in total. The molecule has 0 spiro atoms. The van der Waals surface area contributed by atoms with E-state index in [1.54, 1.807) is 0 Å². The van der Waals surface area contributed by atoms with Gasteiger partial charge < -0.3 is 4.42 Å². The molecule has 6 aromatic rings. The van der Waals surface area contributed by atoms with Gasteiger partial charge in [0.2, 0.25) is 0 Å². The first kappa shape index (κ1) is 19.6. The fourth-order valence-electron chi connectivity index (χ4n) is 4.95. The summed E-state index contributed by atoms with van der Waals surface area (Å²) in [5.41, 5.74) is 6.09. The Morgan fingerprint density at radius 2 is 1.56 bits per heavy atom. The molecule has 0 saturated carbocycles. The Balaban J connectivity index is 1.38. The van der Waals surface area contributed by atoms with Crippen LogP contribution in [0.15, 0.2) is 83.3 Å². The van der Waals surface area contributed by atoms with E-state index in [0.29, 0.717) is 11.8 Å². The summed E-state index contributed by atoms with van der Waals surface area (Å²) in [6, 6.07) is 28.9. The zero-order valence-corrected chi connectivity index (χ0v) is 19.5. The van der Waals surface area contributed by atoms with Gasteiger partial charge in [0.05, 0.1) is 0 Å². The molecule has 0 radical (unpaired) electrons. The number of benzene rings is 4. The number of hydrogen-bond donors (Lipinski definition) is 0. The second-order valence-corrected chi connectivity index (χ2v) is 10.3. The van der Waals surface area contributed by atoms with Crippen molar-refractivity contribution in [1.82, 2.24) is 0 Å². The standard InChI is InChI=1S/C30H26OS/c1-18(2)21-12-14-27-26(17-21)23-13-11-20(16-28(23)31-27)15-19(3)22-8-6-9-25-24-7-4-5-10-29(24)32-30(22)25/h4-14,16-19H,15H2,1-3H3. The molecular weight excluding hydrogens is 408 g/mol. The molecule has 0 saturated heterocycles. The third-order valence-electron chi connectivity index (χ3n) is 6.73. The molecule has 4 aromatic carbocycles. The SMILES string of the molecule is CC(C)c1ccc2oc3cc(CC(C)c4cccc5c4sc4ccccc45)ccc3c2c1.